The van der Waals surface area contributed by atoms with Crippen LogP contribution in [-0.4, -0.2) is 23.5 Å². The van der Waals surface area contributed by atoms with E-state index in [0.717, 1.165) is 22.8 Å². The molecule has 1 amide bonds. The minimum Gasteiger partial charge on any atom is -0.349 e. The molecular formula is C16H17N3OS. The molecule has 2 aromatic rings. The van der Waals surface area contributed by atoms with Gasteiger partial charge in [0.1, 0.15) is 11.0 Å². The third-order valence-corrected chi connectivity index (χ3v) is 4.27. The van der Waals surface area contributed by atoms with Crippen LogP contribution in [0.25, 0.3) is 10.6 Å². The normalized spacial score (nSPS) is 17.1. The molecule has 108 valence electrons. The maximum absolute atomic E-state index is 11.9. The highest BCUT2D eigenvalue weighted by Gasteiger charge is 2.17. The minimum atomic E-state index is -0.208. The monoisotopic (exact) mass is 299 g/mol. The first-order chi connectivity index (χ1) is 10.2. The van der Waals surface area contributed by atoms with Crippen molar-refractivity contribution < 1.29 is 4.79 Å². The van der Waals surface area contributed by atoms with E-state index in [0.29, 0.717) is 6.54 Å². The molecule has 1 aromatic heterocycles. The number of hydrogen-bond acceptors (Lipinski definition) is 4. The van der Waals surface area contributed by atoms with E-state index in [-0.39, 0.29) is 11.9 Å². The Kier molecular flexibility index (Phi) is 4.13. The number of aromatic nitrogens is 1. The van der Waals surface area contributed by atoms with Gasteiger partial charge in [0.05, 0.1) is 12.2 Å². The molecule has 0 bridgehead atoms. The average molecular weight is 299 g/mol. The second kappa shape index (κ2) is 6.20. The predicted octanol–water partition coefficient (Wildman–Crippen LogP) is 2.26. The zero-order valence-corrected chi connectivity index (χ0v) is 12.6. The van der Waals surface area contributed by atoms with Gasteiger partial charge in [-0.1, -0.05) is 35.9 Å². The molecule has 1 atom stereocenters. The maximum Gasteiger partial charge on any atom is 0.241 e. The molecular weight excluding hydrogens is 282 g/mol. The summed E-state index contributed by atoms with van der Waals surface area (Å²) in [6.45, 7) is 3.29. The fraction of sp³-hybridized carbons (Fsp3) is 0.250. The van der Waals surface area contributed by atoms with Crippen molar-refractivity contribution in [3.63, 3.8) is 0 Å². The molecule has 1 aromatic carbocycles. The summed E-state index contributed by atoms with van der Waals surface area (Å²) >= 11 is 1.60. The van der Waals surface area contributed by atoms with E-state index in [9.17, 15) is 4.79 Å². The van der Waals surface area contributed by atoms with Gasteiger partial charge in [-0.3, -0.25) is 10.1 Å². The van der Waals surface area contributed by atoms with Crippen LogP contribution in [-0.2, 0) is 11.3 Å². The molecule has 0 fully saturated rings. The first-order valence-corrected chi connectivity index (χ1v) is 7.79. The fourth-order valence-corrected chi connectivity index (χ4v) is 3.05. The Balaban J connectivity index is 1.62. The molecule has 0 radical (unpaired) electrons. The lowest BCUT2D eigenvalue weighted by Gasteiger charge is -2.08. The molecule has 1 aliphatic rings. The Bertz CT molecular complexity index is 678. The maximum atomic E-state index is 11.9. The number of hydrogen-bond donors (Lipinski definition) is 2. The average Bonchev–Trinajstić information content (AvgIpc) is 3.16. The lowest BCUT2D eigenvalue weighted by molar-refractivity contribution is -0.122. The standard InChI is InChI=1S/C16H17N3OS/c1-11-4-2-5-12(8-11)16-19-13(10-21-16)9-18-15(20)14-6-3-7-17-14/h2-6,8,10,14,17H,7,9H2,1H3,(H,18,20). The third kappa shape index (κ3) is 3.37. The largest absolute Gasteiger partial charge is 0.349 e. The zero-order valence-electron chi connectivity index (χ0n) is 11.8. The first kappa shape index (κ1) is 14.0. The Morgan fingerprint density at radius 2 is 2.43 bits per heavy atom. The molecule has 1 aliphatic heterocycles. The second-order valence-electron chi connectivity index (χ2n) is 5.05. The number of rotatable bonds is 4. The summed E-state index contributed by atoms with van der Waals surface area (Å²) in [4.78, 5) is 16.5. The van der Waals surface area contributed by atoms with E-state index in [1.165, 1.54) is 5.56 Å². The van der Waals surface area contributed by atoms with Crippen molar-refractivity contribution in [3.8, 4) is 10.6 Å². The van der Waals surface area contributed by atoms with E-state index in [2.05, 4.69) is 40.7 Å². The predicted molar refractivity (Wildman–Crippen MR) is 85.1 cm³/mol. The Hall–Kier alpha value is -1.98. The van der Waals surface area contributed by atoms with Gasteiger partial charge in [0.15, 0.2) is 0 Å². The highest BCUT2D eigenvalue weighted by molar-refractivity contribution is 7.13. The van der Waals surface area contributed by atoms with Crippen molar-refractivity contribution in [2.45, 2.75) is 19.5 Å². The van der Waals surface area contributed by atoms with Crippen LogP contribution in [0.4, 0.5) is 0 Å². The summed E-state index contributed by atoms with van der Waals surface area (Å²) in [5, 5.41) is 8.98. The highest BCUT2D eigenvalue weighted by atomic mass is 32.1. The molecule has 21 heavy (non-hydrogen) atoms. The van der Waals surface area contributed by atoms with E-state index >= 15 is 0 Å². The topological polar surface area (TPSA) is 54.0 Å². The highest BCUT2D eigenvalue weighted by Crippen LogP contribution is 2.24. The molecule has 4 nitrogen and oxygen atoms in total. The lowest BCUT2D eigenvalue weighted by atomic mass is 10.1. The van der Waals surface area contributed by atoms with Crippen molar-refractivity contribution >= 4 is 17.2 Å². The molecule has 3 rings (SSSR count). The van der Waals surface area contributed by atoms with Gasteiger partial charge in [-0.2, -0.15) is 0 Å². The molecule has 0 aliphatic carbocycles. The Morgan fingerprint density at radius 1 is 1.52 bits per heavy atom. The van der Waals surface area contributed by atoms with E-state index in [1.54, 1.807) is 11.3 Å². The van der Waals surface area contributed by atoms with Crippen LogP contribution in [0.15, 0.2) is 41.8 Å². The summed E-state index contributed by atoms with van der Waals surface area (Å²) in [6.07, 6.45) is 3.84. The van der Waals surface area contributed by atoms with Crippen molar-refractivity contribution in [2.75, 3.05) is 6.54 Å². The zero-order chi connectivity index (χ0) is 14.7. The van der Waals surface area contributed by atoms with Gasteiger partial charge < -0.3 is 5.32 Å². The number of carbonyl (C=O) groups excluding carboxylic acids is 1. The quantitative estimate of drug-likeness (QED) is 0.852. The molecule has 0 saturated carbocycles. The van der Waals surface area contributed by atoms with Crippen LogP contribution in [0.1, 0.15) is 11.3 Å². The summed E-state index contributed by atoms with van der Waals surface area (Å²) < 4.78 is 0. The van der Waals surface area contributed by atoms with Gasteiger partial charge in [-0.05, 0) is 13.0 Å². The first-order valence-electron chi connectivity index (χ1n) is 6.91. The molecule has 0 spiro atoms. The van der Waals surface area contributed by atoms with Gasteiger partial charge in [0.2, 0.25) is 5.91 Å². The van der Waals surface area contributed by atoms with Crippen molar-refractivity contribution in [3.05, 3.63) is 53.1 Å². The summed E-state index contributed by atoms with van der Waals surface area (Å²) in [6, 6.07) is 8.07. The number of amides is 1. The number of nitrogens with one attached hydrogen (secondary N) is 2. The van der Waals surface area contributed by atoms with E-state index < -0.39 is 0 Å². The van der Waals surface area contributed by atoms with Crippen LogP contribution < -0.4 is 10.6 Å². The smallest absolute Gasteiger partial charge is 0.241 e. The molecule has 0 saturated heterocycles. The summed E-state index contributed by atoms with van der Waals surface area (Å²) in [5.41, 5.74) is 3.24. The molecule has 5 heteroatoms. The Labute approximate surface area is 127 Å². The van der Waals surface area contributed by atoms with Crippen LogP contribution in [0.3, 0.4) is 0 Å². The number of benzene rings is 1. The van der Waals surface area contributed by atoms with Crippen molar-refractivity contribution in [2.24, 2.45) is 0 Å². The third-order valence-electron chi connectivity index (χ3n) is 3.33. The van der Waals surface area contributed by atoms with Crippen LogP contribution in [0.5, 0.6) is 0 Å². The van der Waals surface area contributed by atoms with Crippen LogP contribution >= 0.6 is 11.3 Å². The molecule has 2 N–H and O–H groups in total. The van der Waals surface area contributed by atoms with Gasteiger partial charge in [-0.25, -0.2) is 4.98 Å². The molecule has 1 unspecified atom stereocenters. The number of carbonyl (C=O) groups is 1. The fourth-order valence-electron chi connectivity index (χ4n) is 2.23. The second-order valence-corrected chi connectivity index (χ2v) is 5.90. The van der Waals surface area contributed by atoms with E-state index in [4.69, 9.17) is 0 Å². The number of thiazole rings is 1. The number of aryl methyl sites for hydroxylation is 1. The summed E-state index contributed by atoms with van der Waals surface area (Å²) in [7, 11) is 0. The van der Waals surface area contributed by atoms with Crippen molar-refractivity contribution in [1.82, 2.24) is 15.6 Å². The van der Waals surface area contributed by atoms with E-state index in [1.807, 2.05) is 23.6 Å². The Morgan fingerprint density at radius 3 is 3.19 bits per heavy atom. The lowest BCUT2D eigenvalue weighted by Crippen LogP contribution is -2.40. The van der Waals surface area contributed by atoms with Gasteiger partial charge in [0.25, 0.3) is 0 Å². The summed E-state index contributed by atoms with van der Waals surface area (Å²) in [5.74, 6) is -0.00569. The van der Waals surface area contributed by atoms with Crippen molar-refractivity contribution in [1.29, 1.82) is 0 Å². The van der Waals surface area contributed by atoms with Crippen LogP contribution in [0.2, 0.25) is 0 Å². The van der Waals surface area contributed by atoms with Crippen LogP contribution in [0, 0.1) is 6.92 Å². The van der Waals surface area contributed by atoms with Gasteiger partial charge in [-0.15, -0.1) is 11.3 Å². The SMILES string of the molecule is Cc1cccc(-c2nc(CNC(=O)C3C=CCN3)cs2)c1. The minimum absolute atomic E-state index is 0.00569. The molecule has 2 heterocycles. The van der Waals surface area contributed by atoms with Gasteiger partial charge >= 0.3 is 0 Å². The number of nitrogens with zero attached hydrogens (tertiary/aromatic N) is 1. The van der Waals surface area contributed by atoms with Gasteiger partial charge in [0, 0.05) is 17.5 Å².